The molecule has 0 aliphatic heterocycles. The van der Waals surface area contributed by atoms with E-state index < -0.39 is 78.7 Å². The molecule has 0 saturated heterocycles. The number of methoxy groups -OCH3 is 1. The van der Waals surface area contributed by atoms with Crippen molar-refractivity contribution in [2.75, 3.05) is 196 Å². The molecule has 0 aliphatic carbocycles. The van der Waals surface area contributed by atoms with E-state index in [4.69, 9.17) is 119 Å². The van der Waals surface area contributed by atoms with Crippen LogP contribution >= 0.6 is 0 Å². The molecule has 0 saturated carbocycles. The van der Waals surface area contributed by atoms with Crippen LogP contribution in [0.2, 0.25) is 0 Å². The van der Waals surface area contributed by atoms with E-state index in [-0.39, 0.29) is 218 Å². The number of unbranched alkanes of at least 4 members (excludes halogenated alkanes) is 2. The Morgan fingerprint density at radius 2 is 0.788 bits per heavy atom. The summed E-state index contributed by atoms with van der Waals surface area (Å²) in [5.41, 5.74) is 0.635. The lowest BCUT2D eigenvalue weighted by Gasteiger charge is -2.24. The van der Waals surface area contributed by atoms with Crippen molar-refractivity contribution in [2.24, 2.45) is 5.92 Å². The Morgan fingerprint density at radius 3 is 1.20 bits per heavy atom. The molecule has 4 unspecified atom stereocenters. The Bertz CT molecular complexity index is 2380. The fourth-order valence-electron chi connectivity index (χ4n) is 7.64. The van der Waals surface area contributed by atoms with Crippen molar-refractivity contribution >= 4 is 59.3 Å². The lowest BCUT2D eigenvalue weighted by atomic mass is 10.0. The Labute approximate surface area is 603 Å². The minimum absolute atomic E-state index is 0.00303. The monoisotopic (exact) mass is 1510 g/mol. The molecule has 7 N–H and O–H groups in total. The first-order chi connectivity index (χ1) is 50.6. The Morgan fingerprint density at radius 1 is 0.394 bits per heavy atom. The van der Waals surface area contributed by atoms with Crippen molar-refractivity contribution in [1.29, 1.82) is 0 Å². The molecule has 0 heterocycles. The summed E-state index contributed by atoms with van der Waals surface area (Å²) in [4.78, 5) is 124. The zero-order chi connectivity index (χ0) is 76.0. The molecule has 1 aromatic rings. The first-order valence-corrected chi connectivity index (χ1v) is 32.8. The van der Waals surface area contributed by atoms with Gasteiger partial charge >= 0.3 is 5.97 Å². The smallest absolute Gasteiger partial charge is 0.333 e. The van der Waals surface area contributed by atoms with Crippen molar-refractivity contribution in [3.05, 3.63) is 35.9 Å². The highest BCUT2D eigenvalue weighted by Crippen LogP contribution is 2.11. The van der Waals surface area contributed by atoms with Crippen LogP contribution in [0.15, 0.2) is 30.3 Å². The van der Waals surface area contributed by atoms with E-state index in [2.05, 4.69) is 26.6 Å². The number of benzene rings is 1. The molecule has 41 nitrogen and oxygen atoms in total. The van der Waals surface area contributed by atoms with Gasteiger partial charge < -0.3 is 155 Å². The second-order valence-electron chi connectivity index (χ2n) is 21.6. The standard InChI is InChI=1S/C63H106N6O35/c1-49(2)23-54(62(78)69-55(24-51-11-7-5-8-12-51)61(77)65-26-60(76)68-56(27-70)63(79)80)67-59(75)25-64-57(73)15-16-58(74)66-53(50(3)71)14-10-6-9-13-52(72)17-18-82-21-22-84-29-86-31-88-33-90-35-92-37-94-39-96-41-98-43-100-45-102-47-104-48-103-46-101-44-99-42-97-40-95-38-93-36-91-34-89-32-87-30-85-28-83-20-19-81-4/h5,7-8,11-12,27,49,53-56H,6,9-10,13-26,28-48H2,1-4H3,(H,64,73)(H,65,77)(H,66,74)(H,67,75)(H,68,76)(H,69,78)(H,79,80). The number of nitrogens with one attached hydrogen (secondary N) is 6. The lowest BCUT2D eigenvalue weighted by Crippen LogP contribution is -2.56. The maximum Gasteiger partial charge on any atom is 0.333 e. The number of Topliss-reactive ketones (excluding diaryl/α,β-unsaturated/α-hetero) is 2. The molecule has 6 amide bonds. The number of amides is 6. The number of carbonyl (C=O) groups is 10. The SMILES string of the molecule is COCCOCOCOCOCOCOCOCOCOCOCOCOCOCOCOCOCOCOCOCOCOCOCCOCCC(=O)CCCCCC(NC(=O)CCC(=O)NCC(=O)NC(CC(C)C)C(=O)NC(Cc1ccccc1)C(=O)NCC(=O)NC(C=O)C(=O)O)C(C)=O. The maximum absolute atomic E-state index is 13.6. The van der Waals surface area contributed by atoms with Crippen molar-refractivity contribution in [1.82, 2.24) is 31.9 Å². The molecule has 0 spiro atoms. The quantitative estimate of drug-likeness (QED) is 0.0181. The molecule has 104 heavy (non-hydrogen) atoms. The maximum atomic E-state index is 13.6. The summed E-state index contributed by atoms with van der Waals surface area (Å²) in [6, 6.07) is 3.49. The van der Waals surface area contributed by atoms with Crippen LogP contribution in [0.4, 0.5) is 0 Å². The summed E-state index contributed by atoms with van der Waals surface area (Å²) < 4.78 is 123. The summed E-state index contributed by atoms with van der Waals surface area (Å²) >= 11 is 0. The van der Waals surface area contributed by atoms with Gasteiger partial charge in [-0.3, -0.25) is 38.4 Å². The molecule has 0 fully saturated rings. The number of hydrogen-bond acceptors (Lipinski definition) is 34. The van der Waals surface area contributed by atoms with Gasteiger partial charge in [0.25, 0.3) is 0 Å². The predicted molar refractivity (Wildman–Crippen MR) is 348 cm³/mol. The first kappa shape index (κ1) is 95.6. The molecule has 41 heteroatoms. The lowest BCUT2D eigenvalue weighted by molar-refractivity contribution is -0.242. The molecule has 0 aliphatic rings. The molecule has 598 valence electrons. The highest BCUT2D eigenvalue weighted by Gasteiger charge is 2.29. The molecule has 0 bridgehead atoms. The summed E-state index contributed by atoms with van der Waals surface area (Å²) in [5, 5.41) is 23.5. The van der Waals surface area contributed by atoms with Gasteiger partial charge in [-0.05, 0) is 37.7 Å². The first-order valence-electron chi connectivity index (χ1n) is 32.8. The second-order valence-corrected chi connectivity index (χ2v) is 21.6. The number of ether oxygens (including phenoxy) is 24. The third kappa shape index (κ3) is 60.8. The van der Waals surface area contributed by atoms with Crippen molar-refractivity contribution in [3.63, 3.8) is 0 Å². The van der Waals surface area contributed by atoms with E-state index in [9.17, 15) is 47.9 Å². The van der Waals surface area contributed by atoms with Crippen molar-refractivity contribution in [3.8, 4) is 0 Å². The third-order valence-electron chi connectivity index (χ3n) is 12.5. The van der Waals surface area contributed by atoms with Gasteiger partial charge in [0.05, 0.1) is 52.2 Å². The minimum Gasteiger partial charge on any atom is -0.479 e. The second kappa shape index (κ2) is 69.6. The number of carboxylic acids is 1. The minimum atomic E-state index is -1.83. The molecule has 0 radical (unpaired) electrons. The Kier molecular flexibility index (Phi) is 64.0. The molecule has 4 atom stereocenters. The van der Waals surface area contributed by atoms with E-state index in [0.29, 0.717) is 50.9 Å². The number of aldehydes is 1. The van der Waals surface area contributed by atoms with Crippen LogP contribution in [0.25, 0.3) is 0 Å². The van der Waals surface area contributed by atoms with Gasteiger partial charge in [0.1, 0.15) is 31.5 Å². The number of aliphatic carboxylic acids is 1. The van der Waals surface area contributed by atoms with Gasteiger partial charge in [0.2, 0.25) is 35.4 Å². The van der Waals surface area contributed by atoms with E-state index in [1.807, 2.05) is 5.32 Å². The molecular formula is C63H106N6O35. The number of rotatable bonds is 77. The Hall–Kier alpha value is -6.44. The normalized spacial score (nSPS) is 12.5. The van der Waals surface area contributed by atoms with Crippen LogP contribution in [-0.4, -0.2) is 284 Å². The molecule has 0 aromatic heterocycles. The largest absolute Gasteiger partial charge is 0.479 e. The van der Waals surface area contributed by atoms with Crippen LogP contribution in [0.3, 0.4) is 0 Å². The number of carboxylic acid groups (broad SMARTS) is 1. The van der Waals surface area contributed by atoms with Crippen molar-refractivity contribution < 1.29 is 167 Å². The van der Waals surface area contributed by atoms with Gasteiger partial charge in [-0.15, -0.1) is 0 Å². The Balaban J connectivity index is 1.97. The fourth-order valence-corrected chi connectivity index (χ4v) is 7.64. The van der Waals surface area contributed by atoms with E-state index >= 15 is 0 Å². The zero-order valence-electron chi connectivity index (χ0n) is 59.5. The summed E-state index contributed by atoms with van der Waals surface area (Å²) in [7, 11) is 1.58. The topological polar surface area (TPSA) is 485 Å². The fraction of sp³-hybridized carbons (Fsp3) is 0.746. The average molecular weight is 1510 g/mol. The van der Waals surface area contributed by atoms with Crippen LogP contribution < -0.4 is 31.9 Å². The van der Waals surface area contributed by atoms with Gasteiger partial charge in [-0.25, -0.2) is 4.79 Å². The van der Waals surface area contributed by atoms with Crippen LogP contribution in [0.5, 0.6) is 0 Å². The average Bonchev–Trinajstić information content (AvgIpc) is 0.873. The molecular weight excluding hydrogens is 1400 g/mol. The highest BCUT2D eigenvalue weighted by molar-refractivity contribution is 5.98. The number of carbonyl (C=O) groups excluding carboxylic acids is 9. The zero-order valence-corrected chi connectivity index (χ0v) is 59.5. The number of hydrogen-bond donors (Lipinski definition) is 7. The van der Waals surface area contributed by atoms with Crippen LogP contribution in [0.1, 0.15) is 84.1 Å². The van der Waals surface area contributed by atoms with Gasteiger partial charge in [0, 0.05) is 39.2 Å². The third-order valence-corrected chi connectivity index (χ3v) is 12.5. The van der Waals surface area contributed by atoms with E-state index in [0.717, 1.165) is 0 Å². The van der Waals surface area contributed by atoms with Crippen LogP contribution in [-0.2, 0) is 168 Å². The number of ketones is 2. The summed E-state index contributed by atoms with van der Waals surface area (Å²) in [6.45, 7) is 3.51. The van der Waals surface area contributed by atoms with Gasteiger partial charge in [0.15, 0.2) is 147 Å². The summed E-state index contributed by atoms with van der Waals surface area (Å²) in [5.74, 6) is -6.51. The van der Waals surface area contributed by atoms with E-state index in [1.165, 1.54) is 6.92 Å². The van der Waals surface area contributed by atoms with Gasteiger partial charge in [-0.2, -0.15) is 0 Å². The van der Waals surface area contributed by atoms with Gasteiger partial charge in [-0.1, -0.05) is 57.0 Å². The summed E-state index contributed by atoms with van der Waals surface area (Å²) in [6.07, 6.45) is 2.05. The molecule has 1 rings (SSSR count). The highest BCUT2D eigenvalue weighted by atomic mass is 16.9. The van der Waals surface area contributed by atoms with Crippen molar-refractivity contribution in [2.45, 2.75) is 109 Å². The predicted octanol–water partition coefficient (Wildman–Crippen LogP) is -0.855. The van der Waals surface area contributed by atoms with E-state index in [1.54, 1.807) is 51.3 Å². The van der Waals surface area contributed by atoms with Crippen LogP contribution in [0, 0.1) is 5.92 Å². The molecule has 1 aromatic carbocycles.